The third-order valence-corrected chi connectivity index (χ3v) is 9.49. The van der Waals surface area contributed by atoms with Crippen LogP contribution < -0.4 is 20.7 Å². The van der Waals surface area contributed by atoms with E-state index in [0.717, 1.165) is 43.0 Å². The highest BCUT2D eigenvalue weighted by atomic mass is 32.2. The third kappa shape index (κ3) is 7.72. The fourth-order valence-corrected chi connectivity index (χ4v) is 7.22. The highest BCUT2D eigenvalue weighted by molar-refractivity contribution is 8.00. The van der Waals surface area contributed by atoms with Gasteiger partial charge in [0, 0.05) is 54.8 Å². The van der Waals surface area contributed by atoms with E-state index in [4.69, 9.17) is 4.74 Å². The van der Waals surface area contributed by atoms with Crippen molar-refractivity contribution < 1.29 is 27.6 Å². The van der Waals surface area contributed by atoms with E-state index in [1.54, 1.807) is 23.9 Å². The molecule has 0 aliphatic carbocycles. The summed E-state index contributed by atoms with van der Waals surface area (Å²) in [4.78, 5) is 27.7. The minimum atomic E-state index is -4.58. The van der Waals surface area contributed by atoms with Crippen LogP contribution in [0.3, 0.4) is 0 Å². The number of hydrogen-bond acceptors (Lipinski definition) is 9. The smallest absolute Gasteiger partial charge is 0.416 e. The predicted octanol–water partition coefficient (Wildman–Crippen LogP) is 6.31. The van der Waals surface area contributed by atoms with E-state index in [2.05, 4.69) is 27.5 Å². The van der Waals surface area contributed by atoms with Crippen LogP contribution in [0.4, 0.5) is 24.5 Å². The Labute approximate surface area is 263 Å². The Balaban J connectivity index is 1.18. The lowest BCUT2D eigenvalue weighted by Gasteiger charge is -2.17. The van der Waals surface area contributed by atoms with Gasteiger partial charge in [-0.05, 0) is 43.5 Å². The first-order valence-corrected chi connectivity index (χ1v) is 15.8. The van der Waals surface area contributed by atoms with Crippen molar-refractivity contribution in [3.05, 3.63) is 77.0 Å². The molecule has 2 aliphatic rings. The van der Waals surface area contributed by atoms with Crippen molar-refractivity contribution in [3.8, 4) is 22.7 Å². The fourth-order valence-electron chi connectivity index (χ4n) is 5.67. The van der Waals surface area contributed by atoms with Crippen LogP contribution in [0, 0.1) is 10.1 Å². The number of non-ortho nitro benzene ring substituents is 1. The van der Waals surface area contributed by atoms with Gasteiger partial charge in [0.25, 0.3) is 5.69 Å². The van der Waals surface area contributed by atoms with Gasteiger partial charge in [0.1, 0.15) is 11.5 Å². The Morgan fingerprint density at radius 3 is 2.76 bits per heavy atom. The SMILES string of the molecule is C=C1N[C@H]2[C@H](CS[C@H]2CCCCC(=O)CCCOc2cc(C(F)(F)F)ccc2-c2cn(-c3cc([N+](=O)[O-])ccc3NC)cn2)N1. The van der Waals surface area contributed by atoms with Gasteiger partial charge in [0.2, 0.25) is 0 Å². The number of unbranched alkanes of at least 4 members (excludes halogenated alkanes) is 1. The van der Waals surface area contributed by atoms with Crippen LogP contribution in [0.5, 0.6) is 5.75 Å². The van der Waals surface area contributed by atoms with Crippen molar-refractivity contribution in [1.29, 1.82) is 0 Å². The summed E-state index contributed by atoms with van der Waals surface area (Å²) in [5.41, 5.74) is 0.702. The van der Waals surface area contributed by atoms with Crippen LogP contribution in [0.15, 0.2) is 61.3 Å². The molecule has 10 nitrogen and oxygen atoms in total. The maximum atomic E-state index is 13.5. The molecule has 2 aliphatic heterocycles. The number of nitrogens with one attached hydrogen (secondary N) is 3. The topological polar surface area (TPSA) is 123 Å². The number of Topliss-reactive ketones (excluding diaryl/α,β-unsaturated/α-hetero) is 1. The lowest BCUT2D eigenvalue weighted by Crippen LogP contribution is -2.36. The lowest BCUT2D eigenvalue weighted by molar-refractivity contribution is -0.384. The molecule has 240 valence electrons. The van der Waals surface area contributed by atoms with E-state index in [0.29, 0.717) is 52.8 Å². The first-order valence-electron chi connectivity index (χ1n) is 14.7. The number of rotatable bonds is 14. The molecule has 0 spiro atoms. The second-order valence-electron chi connectivity index (χ2n) is 11.1. The number of alkyl halides is 3. The Morgan fingerprint density at radius 1 is 1.20 bits per heavy atom. The summed E-state index contributed by atoms with van der Waals surface area (Å²) in [5.74, 6) is 2.01. The van der Waals surface area contributed by atoms with Crippen molar-refractivity contribution in [2.24, 2.45) is 0 Å². The van der Waals surface area contributed by atoms with Crippen molar-refractivity contribution in [2.45, 2.75) is 62.0 Å². The van der Waals surface area contributed by atoms with Crippen molar-refractivity contribution in [3.63, 3.8) is 0 Å². The molecule has 45 heavy (non-hydrogen) atoms. The van der Waals surface area contributed by atoms with E-state index >= 15 is 0 Å². The van der Waals surface area contributed by atoms with E-state index < -0.39 is 16.7 Å². The monoisotopic (exact) mass is 644 g/mol. The van der Waals surface area contributed by atoms with Crippen molar-refractivity contribution in [2.75, 3.05) is 24.7 Å². The molecule has 2 saturated heterocycles. The number of hydrogen-bond donors (Lipinski definition) is 3. The number of anilines is 1. The summed E-state index contributed by atoms with van der Waals surface area (Å²) < 4.78 is 48.0. The van der Waals surface area contributed by atoms with Crippen LogP contribution in [0.1, 0.15) is 44.1 Å². The second-order valence-corrected chi connectivity index (χ2v) is 12.4. The first-order chi connectivity index (χ1) is 21.5. The molecule has 3 aromatic rings. The molecule has 5 rings (SSSR count). The first kappa shape index (κ1) is 32.2. The van der Waals surface area contributed by atoms with Crippen molar-refractivity contribution in [1.82, 2.24) is 20.2 Å². The van der Waals surface area contributed by atoms with Crippen LogP contribution in [0.2, 0.25) is 0 Å². The fraction of sp³-hybridized carbons (Fsp3) is 0.419. The van der Waals surface area contributed by atoms with Gasteiger partial charge in [0.15, 0.2) is 0 Å². The van der Waals surface area contributed by atoms with Gasteiger partial charge in [-0.2, -0.15) is 24.9 Å². The maximum absolute atomic E-state index is 13.5. The van der Waals surface area contributed by atoms with E-state index in [1.165, 1.54) is 24.5 Å². The summed E-state index contributed by atoms with van der Waals surface area (Å²) in [7, 11) is 1.67. The number of aromatic nitrogens is 2. The van der Waals surface area contributed by atoms with Gasteiger partial charge in [-0.25, -0.2) is 4.98 Å². The zero-order valence-electron chi connectivity index (χ0n) is 24.7. The molecule has 0 saturated carbocycles. The molecule has 2 aromatic carbocycles. The lowest BCUT2D eigenvalue weighted by atomic mass is 10.0. The summed E-state index contributed by atoms with van der Waals surface area (Å²) in [5, 5.41) is 21.5. The number of thioether (sulfide) groups is 1. The molecule has 2 fully saturated rings. The number of fused-ring (bicyclic) bond motifs is 1. The Bertz CT molecular complexity index is 1560. The second kappa shape index (κ2) is 13.8. The van der Waals surface area contributed by atoms with Crippen LogP contribution in [-0.4, -0.2) is 57.0 Å². The highest BCUT2D eigenvalue weighted by Crippen LogP contribution is 2.38. The molecule has 3 atom stereocenters. The number of carbonyl (C=O) groups is 1. The molecule has 0 radical (unpaired) electrons. The van der Waals surface area contributed by atoms with Crippen LogP contribution >= 0.6 is 11.8 Å². The Hall–Kier alpha value is -4.20. The van der Waals surface area contributed by atoms with Crippen LogP contribution in [-0.2, 0) is 11.0 Å². The predicted molar refractivity (Wildman–Crippen MR) is 168 cm³/mol. The standard InChI is InChI=1S/C31H35F3N6O4S/c1-19-37-26-17-45-29(30(26)38-19)8-4-3-6-22(41)7-5-13-44-28-14-20(31(32,33)34)9-11-23(28)25-16-39(18-36-25)27-15-21(40(42)43)10-12-24(27)35-2/h9-12,14-16,18,26,29-30,35,37-38H,1,3-8,13,17H2,2H3/t26-,29-,30-/m0/s1. The van der Waals surface area contributed by atoms with E-state index in [9.17, 15) is 28.1 Å². The highest BCUT2D eigenvalue weighted by Gasteiger charge is 2.40. The number of nitro benzene ring substituents is 1. The average Bonchev–Trinajstić information content (AvgIpc) is 3.73. The number of ketones is 1. The molecule has 0 bridgehead atoms. The summed E-state index contributed by atoms with van der Waals surface area (Å²) in [6.45, 7) is 4.00. The number of imidazole rings is 1. The normalized spacial score (nSPS) is 19.1. The number of carbonyl (C=O) groups excluding carboxylic acids is 1. The number of nitrogens with zero attached hydrogens (tertiary/aromatic N) is 3. The molecule has 3 N–H and O–H groups in total. The number of ether oxygens (including phenoxy) is 1. The molecular formula is C31H35F3N6O4S. The van der Waals surface area contributed by atoms with E-state index in [-0.39, 0.29) is 30.2 Å². The molecule has 14 heteroatoms. The summed E-state index contributed by atoms with van der Waals surface area (Å²) >= 11 is 1.94. The van der Waals surface area contributed by atoms with Gasteiger partial charge in [-0.3, -0.25) is 14.9 Å². The molecule has 3 heterocycles. The quantitative estimate of drug-likeness (QED) is 0.105. The van der Waals surface area contributed by atoms with Gasteiger partial charge in [-0.15, -0.1) is 0 Å². The van der Waals surface area contributed by atoms with Crippen LogP contribution in [0.25, 0.3) is 16.9 Å². The number of benzene rings is 2. The molecule has 0 amide bonds. The maximum Gasteiger partial charge on any atom is 0.416 e. The summed E-state index contributed by atoms with van der Waals surface area (Å²) in [6, 6.07) is 8.29. The third-order valence-electron chi connectivity index (χ3n) is 7.98. The Morgan fingerprint density at radius 2 is 2.00 bits per heavy atom. The number of nitro groups is 1. The van der Waals surface area contributed by atoms with Gasteiger partial charge < -0.3 is 25.3 Å². The van der Waals surface area contributed by atoms with Crippen molar-refractivity contribution >= 4 is 28.9 Å². The Kier molecular flexibility index (Phi) is 9.90. The zero-order chi connectivity index (χ0) is 32.1. The molecule has 0 unspecified atom stereocenters. The van der Waals surface area contributed by atoms with Gasteiger partial charge in [0.05, 0.1) is 58.4 Å². The summed E-state index contributed by atoms with van der Waals surface area (Å²) in [6.07, 6.45) is 2.28. The zero-order valence-corrected chi connectivity index (χ0v) is 25.5. The van der Waals surface area contributed by atoms with E-state index in [1.807, 2.05) is 11.8 Å². The minimum absolute atomic E-state index is 0.0135. The average molecular weight is 645 g/mol. The van der Waals surface area contributed by atoms with Gasteiger partial charge >= 0.3 is 6.18 Å². The van der Waals surface area contributed by atoms with Gasteiger partial charge in [-0.1, -0.05) is 13.0 Å². The number of halogens is 3. The largest absolute Gasteiger partial charge is 0.493 e. The minimum Gasteiger partial charge on any atom is -0.493 e. The molecule has 1 aromatic heterocycles. The molecular weight excluding hydrogens is 609 g/mol.